The van der Waals surface area contributed by atoms with Crippen LogP contribution in [0.5, 0.6) is 0 Å². The Bertz CT molecular complexity index is 448. The van der Waals surface area contributed by atoms with E-state index in [0.717, 1.165) is 4.57 Å². The van der Waals surface area contributed by atoms with E-state index in [1.54, 1.807) is 0 Å². The highest BCUT2D eigenvalue weighted by Gasteiger charge is 2.00. The maximum Gasteiger partial charge on any atom is 0.331 e. The van der Waals surface area contributed by atoms with Crippen LogP contribution in [0.1, 0.15) is 6.92 Å². The van der Waals surface area contributed by atoms with Crippen LogP contribution in [0.3, 0.4) is 0 Å². The van der Waals surface area contributed by atoms with Gasteiger partial charge in [-0.1, -0.05) is 5.92 Å². The number of nitrogens with zero attached hydrogens (tertiary/aromatic N) is 2. The van der Waals surface area contributed by atoms with Crippen LogP contribution in [0, 0.1) is 12.3 Å². The van der Waals surface area contributed by atoms with Gasteiger partial charge in [0, 0.05) is 18.8 Å². The second-order valence-corrected chi connectivity index (χ2v) is 2.51. The van der Waals surface area contributed by atoms with Crippen molar-refractivity contribution in [3.63, 3.8) is 0 Å². The fourth-order valence-electron chi connectivity index (χ4n) is 1.03. The summed E-state index contributed by atoms with van der Waals surface area (Å²) in [7, 11) is 0. The van der Waals surface area contributed by atoms with Crippen molar-refractivity contribution in [3.05, 3.63) is 33.1 Å². The molecule has 0 aliphatic rings. The highest BCUT2D eigenvalue weighted by Crippen LogP contribution is 1.77. The summed E-state index contributed by atoms with van der Waals surface area (Å²) in [6, 6.07) is 1.34. The van der Waals surface area contributed by atoms with Crippen molar-refractivity contribution in [1.82, 2.24) is 9.13 Å². The zero-order chi connectivity index (χ0) is 9.84. The smallest absolute Gasteiger partial charge is 0.301 e. The summed E-state index contributed by atoms with van der Waals surface area (Å²) in [5.74, 6) is 2.27. The van der Waals surface area contributed by atoms with Gasteiger partial charge in [-0.3, -0.25) is 4.79 Å². The summed E-state index contributed by atoms with van der Waals surface area (Å²) in [5.41, 5.74) is -0.708. The standard InChI is InChI=1S/C9H10N2O2/c1-3-6-11-8(12)5-7-10(4-2)9(11)13/h1,5,7H,4,6H2,2H3. The van der Waals surface area contributed by atoms with Crippen molar-refractivity contribution in [2.45, 2.75) is 20.0 Å². The summed E-state index contributed by atoms with van der Waals surface area (Å²) in [6.45, 7) is 2.38. The minimum Gasteiger partial charge on any atom is -0.301 e. The first-order chi connectivity index (χ1) is 6.20. The fourth-order valence-corrected chi connectivity index (χ4v) is 1.03. The van der Waals surface area contributed by atoms with Crippen molar-refractivity contribution in [2.75, 3.05) is 0 Å². The lowest BCUT2D eigenvalue weighted by Crippen LogP contribution is -2.38. The first-order valence-electron chi connectivity index (χ1n) is 3.94. The fraction of sp³-hybridized carbons (Fsp3) is 0.333. The predicted octanol–water partition coefficient (Wildman–Crippen LogP) is -0.337. The molecule has 0 aliphatic heterocycles. The molecular formula is C9H10N2O2. The third-order valence-corrected chi connectivity index (χ3v) is 1.73. The Kier molecular flexibility index (Phi) is 2.70. The van der Waals surface area contributed by atoms with Crippen LogP contribution >= 0.6 is 0 Å². The number of terminal acetylenes is 1. The van der Waals surface area contributed by atoms with Gasteiger partial charge in [0.1, 0.15) is 0 Å². The molecule has 4 heteroatoms. The average Bonchev–Trinajstić information content (AvgIpc) is 2.12. The largest absolute Gasteiger partial charge is 0.331 e. The number of aryl methyl sites for hydroxylation is 1. The molecule has 0 atom stereocenters. The summed E-state index contributed by atoms with van der Waals surface area (Å²) >= 11 is 0. The summed E-state index contributed by atoms with van der Waals surface area (Å²) < 4.78 is 2.46. The average molecular weight is 178 g/mol. The number of hydrogen-bond acceptors (Lipinski definition) is 2. The maximum atomic E-state index is 11.4. The molecule has 0 aromatic carbocycles. The van der Waals surface area contributed by atoms with Gasteiger partial charge in [-0.2, -0.15) is 0 Å². The molecule has 0 saturated carbocycles. The van der Waals surface area contributed by atoms with Gasteiger partial charge in [0.15, 0.2) is 0 Å². The van der Waals surface area contributed by atoms with Crippen molar-refractivity contribution < 1.29 is 0 Å². The molecule has 0 bridgehead atoms. The van der Waals surface area contributed by atoms with Crippen molar-refractivity contribution in [2.24, 2.45) is 0 Å². The molecule has 1 rings (SSSR count). The molecule has 1 heterocycles. The van der Waals surface area contributed by atoms with E-state index < -0.39 is 0 Å². The topological polar surface area (TPSA) is 44.0 Å². The van der Waals surface area contributed by atoms with Crippen LogP contribution in [0.15, 0.2) is 21.9 Å². The van der Waals surface area contributed by atoms with E-state index in [-0.39, 0.29) is 17.8 Å². The van der Waals surface area contributed by atoms with E-state index >= 15 is 0 Å². The molecule has 1 aromatic heterocycles. The van der Waals surface area contributed by atoms with Gasteiger partial charge < -0.3 is 4.57 Å². The molecule has 0 unspecified atom stereocenters. The quantitative estimate of drug-likeness (QED) is 0.582. The van der Waals surface area contributed by atoms with E-state index in [2.05, 4.69) is 5.92 Å². The summed E-state index contributed by atoms with van der Waals surface area (Å²) in [6.07, 6.45) is 6.50. The van der Waals surface area contributed by atoms with Crippen LogP contribution in [-0.4, -0.2) is 9.13 Å². The van der Waals surface area contributed by atoms with Gasteiger partial charge in [-0.25, -0.2) is 9.36 Å². The van der Waals surface area contributed by atoms with Crippen LogP contribution < -0.4 is 11.2 Å². The molecule has 68 valence electrons. The molecule has 4 nitrogen and oxygen atoms in total. The minimum absolute atomic E-state index is 0.0263. The van der Waals surface area contributed by atoms with Gasteiger partial charge in [0.05, 0.1) is 6.54 Å². The van der Waals surface area contributed by atoms with Crippen LogP contribution in [0.2, 0.25) is 0 Å². The lowest BCUT2D eigenvalue weighted by molar-refractivity contribution is 0.611. The number of rotatable bonds is 2. The lowest BCUT2D eigenvalue weighted by atomic mass is 10.5. The first-order valence-corrected chi connectivity index (χ1v) is 3.94. The first kappa shape index (κ1) is 9.33. The Morgan fingerprint density at radius 2 is 2.23 bits per heavy atom. The van der Waals surface area contributed by atoms with E-state index in [4.69, 9.17) is 6.42 Å². The van der Waals surface area contributed by atoms with Crippen molar-refractivity contribution >= 4 is 0 Å². The predicted molar refractivity (Wildman–Crippen MR) is 49.5 cm³/mol. The van der Waals surface area contributed by atoms with E-state index in [1.807, 2.05) is 6.92 Å². The molecule has 0 N–H and O–H groups in total. The normalized spacial score (nSPS) is 9.54. The Morgan fingerprint density at radius 1 is 1.54 bits per heavy atom. The second-order valence-electron chi connectivity index (χ2n) is 2.51. The molecule has 1 aromatic rings. The minimum atomic E-state index is -0.354. The molecule has 0 saturated heterocycles. The third kappa shape index (κ3) is 1.70. The Balaban J connectivity index is 3.41. The van der Waals surface area contributed by atoms with Gasteiger partial charge in [0.2, 0.25) is 0 Å². The van der Waals surface area contributed by atoms with E-state index in [9.17, 15) is 9.59 Å². The monoisotopic (exact) mass is 178 g/mol. The van der Waals surface area contributed by atoms with Crippen LogP contribution in [0.4, 0.5) is 0 Å². The van der Waals surface area contributed by atoms with E-state index in [0.29, 0.717) is 6.54 Å². The molecule has 0 radical (unpaired) electrons. The Labute approximate surface area is 75.4 Å². The molecule has 0 aliphatic carbocycles. The number of hydrogen-bond donors (Lipinski definition) is 0. The summed E-state index contributed by atoms with van der Waals surface area (Å²) in [4.78, 5) is 22.6. The maximum absolute atomic E-state index is 11.4. The van der Waals surface area contributed by atoms with Gasteiger partial charge >= 0.3 is 5.69 Å². The Hall–Kier alpha value is -1.76. The highest BCUT2D eigenvalue weighted by atomic mass is 16.2. The number of aromatic nitrogens is 2. The lowest BCUT2D eigenvalue weighted by Gasteiger charge is -2.04. The summed E-state index contributed by atoms with van der Waals surface area (Å²) in [5, 5.41) is 0. The highest BCUT2D eigenvalue weighted by molar-refractivity contribution is 4.92. The molecule has 0 spiro atoms. The second kappa shape index (κ2) is 3.76. The van der Waals surface area contributed by atoms with Gasteiger partial charge in [-0.05, 0) is 6.92 Å². The molecule has 0 fully saturated rings. The van der Waals surface area contributed by atoms with Crippen molar-refractivity contribution in [3.8, 4) is 12.3 Å². The molecular weight excluding hydrogens is 168 g/mol. The van der Waals surface area contributed by atoms with Gasteiger partial charge in [-0.15, -0.1) is 6.42 Å². The zero-order valence-corrected chi connectivity index (χ0v) is 7.36. The Morgan fingerprint density at radius 3 is 2.77 bits per heavy atom. The van der Waals surface area contributed by atoms with E-state index in [1.165, 1.54) is 16.8 Å². The van der Waals surface area contributed by atoms with Gasteiger partial charge in [0.25, 0.3) is 5.56 Å². The zero-order valence-electron chi connectivity index (χ0n) is 7.36. The molecule has 13 heavy (non-hydrogen) atoms. The van der Waals surface area contributed by atoms with Crippen LogP contribution in [0.25, 0.3) is 0 Å². The third-order valence-electron chi connectivity index (χ3n) is 1.73. The SMILES string of the molecule is C#CCn1c(=O)ccn(CC)c1=O. The van der Waals surface area contributed by atoms with Crippen LogP contribution in [-0.2, 0) is 13.1 Å². The molecule has 0 amide bonds. The van der Waals surface area contributed by atoms with Crippen molar-refractivity contribution in [1.29, 1.82) is 0 Å².